The summed E-state index contributed by atoms with van der Waals surface area (Å²) in [6, 6.07) is 0.642. The topological polar surface area (TPSA) is 49.4 Å². The first-order valence-corrected chi connectivity index (χ1v) is 9.89. The molecule has 20 heavy (non-hydrogen) atoms. The van der Waals surface area contributed by atoms with E-state index in [9.17, 15) is 8.42 Å². The van der Waals surface area contributed by atoms with Gasteiger partial charge in [0.25, 0.3) is 0 Å². The third-order valence-corrected chi connectivity index (χ3v) is 6.84. The number of piperidine rings is 1. The molecule has 2 fully saturated rings. The molecule has 1 N–H and O–H groups in total. The Morgan fingerprint density at radius 2 is 1.65 bits per heavy atom. The predicted molar refractivity (Wildman–Crippen MR) is 83.3 cm³/mol. The number of hydrogen-bond acceptors (Lipinski definition) is 3. The zero-order valence-electron chi connectivity index (χ0n) is 12.8. The minimum absolute atomic E-state index is 0.238. The molecule has 0 aromatic carbocycles. The molecule has 1 aliphatic carbocycles. The number of nitrogens with one attached hydrogen (secondary N) is 1. The fraction of sp³-hybridized carbons (Fsp3) is 1.00. The van der Waals surface area contributed by atoms with Crippen LogP contribution < -0.4 is 5.32 Å². The van der Waals surface area contributed by atoms with E-state index in [2.05, 4.69) is 5.32 Å². The second-order valence-corrected chi connectivity index (χ2v) is 8.56. The second kappa shape index (κ2) is 7.76. The van der Waals surface area contributed by atoms with Crippen molar-refractivity contribution in [1.29, 1.82) is 0 Å². The molecule has 1 unspecified atom stereocenters. The number of sulfonamides is 1. The zero-order valence-corrected chi connectivity index (χ0v) is 13.6. The van der Waals surface area contributed by atoms with Gasteiger partial charge in [0.2, 0.25) is 10.0 Å². The van der Waals surface area contributed by atoms with Crippen LogP contribution in [0.1, 0.15) is 64.2 Å². The first kappa shape index (κ1) is 16.2. The summed E-state index contributed by atoms with van der Waals surface area (Å²) in [4.78, 5) is 0. The maximum Gasteiger partial charge on any atom is 0.214 e. The Hall–Kier alpha value is -0.130. The first-order chi connectivity index (χ1) is 9.59. The Morgan fingerprint density at radius 1 is 1.00 bits per heavy atom. The van der Waals surface area contributed by atoms with Crippen LogP contribution in [0.3, 0.4) is 0 Å². The molecular weight excluding hydrogens is 272 g/mol. The normalized spacial score (nSPS) is 26.6. The summed E-state index contributed by atoms with van der Waals surface area (Å²) in [5.41, 5.74) is 0. The summed E-state index contributed by atoms with van der Waals surface area (Å²) in [6.45, 7) is 1.04. The van der Waals surface area contributed by atoms with Crippen molar-refractivity contribution in [2.75, 3.05) is 19.3 Å². The fourth-order valence-corrected chi connectivity index (χ4v) is 4.99. The summed E-state index contributed by atoms with van der Waals surface area (Å²) in [7, 11) is -1.29. The quantitative estimate of drug-likeness (QED) is 0.794. The largest absolute Gasteiger partial charge is 0.314 e. The molecule has 5 heteroatoms. The second-order valence-electron chi connectivity index (χ2n) is 6.41. The van der Waals surface area contributed by atoms with Gasteiger partial charge in [-0.1, -0.05) is 32.1 Å². The van der Waals surface area contributed by atoms with Crippen molar-refractivity contribution in [3.63, 3.8) is 0 Å². The van der Waals surface area contributed by atoms with Crippen LogP contribution in [0.25, 0.3) is 0 Å². The third-order valence-electron chi connectivity index (χ3n) is 4.91. The van der Waals surface area contributed by atoms with Crippen molar-refractivity contribution in [2.24, 2.45) is 0 Å². The van der Waals surface area contributed by atoms with Crippen LogP contribution in [0.15, 0.2) is 0 Å². The van der Waals surface area contributed by atoms with Crippen LogP contribution in [0.2, 0.25) is 0 Å². The van der Waals surface area contributed by atoms with E-state index in [-0.39, 0.29) is 6.04 Å². The lowest BCUT2D eigenvalue weighted by atomic mass is 10.0. The summed E-state index contributed by atoms with van der Waals surface area (Å²) in [5.74, 6) is 0.303. The molecule has 1 saturated heterocycles. The lowest BCUT2D eigenvalue weighted by Gasteiger charge is -2.28. The van der Waals surface area contributed by atoms with E-state index in [1.54, 1.807) is 11.4 Å². The molecule has 2 aliphatic rings. The molecule has 0 bridgehead atoms. The predicted octanol–water partition coefficient (Wildman–Crippen LogP) is 2.50. The molecule has 0 aromatic heterocycles. The van der Waals surface area contributed by atoms with Crippen LogP contribution in [-0.2, 0) is 10.0 Å². The average Bonchev–Trinajstić information content (AvgIpc) is 2.74. The molecule has 2 rings (SSSR count). The van der Waals surface area contributed by atoms with Gasteiger partial charge in [0, 0.05) is 19.1 Å². The SMILES string of the molecule is CN(C1CCCCCC1)S(=O)(=O)CCC1CCCCN1. The highest BCUT2D eigenvalue weighted by atomic mass is 32.2. The first-order valence-electron chi connectivity index (χ1n) is 8.29. The van der Waals surface area contributed by atoms with Crippen molar-refractivity contribution in [2.45, 2.75) is 76.3 Å². The number of nitrogens with zero attached hydrogens (tertiary/aromatic N) is 1. The Labute approximate surface area is 124 Å². The Kier molecular flexibility index (Phi) is 6.30. The molecule has 0 spiro atoms. The van der Waals surface area contributed by atoms with Gasteiger partial charge >= 0.3 is 0 Å². The summed E-state index contributed by atoms with van der Waals surface area (Å²) in [5, 5.41) is 3.44. The van der Waals surface area contributed by atoms with Gasteiger partial charge < -0.3 is 5.32 Å². The molecular formula is C15H30N2O2S. The summed E-state index contributed by atoms with van der Waals surface area (Å²) >= 11 is 0. The van der Waals surface area contributed by atoms with E-state index < -0.39 is 10.0 Å². The number of hydrogen-bond donors (Lipinski definition) is 1. The van der Waals surface area contributed by atoms with Gasteiger partial charge in [0.15, 0.2) is 0 Å². The highest BCUT2D eigenvalue weighted by molar-refractivity contribution is 7.89. The summed E-state index contributed by atoms with van der Waals surface area (Å²) < 4.78 is 26.6. The molecule has 1 heterocycles. The highest BCUT2D eigenvalue weighted by Gasteiger charge is 2.27. The summed E-state index contributed by atoms with van der Waals surface area (Å²) in [6.07, 6.45) is 11.3. The lowest BCUT2D eigenvalue weighted by Crippen LogP contribution is -2.41. The van der Waals surface area contributed by atoms with Gasteiger partial charge in [-0.15, -0.1) is 0 Å². The van der Waals surface area contributed by atoms with E-state index in [1.807, 2.05) is 0 Å². The minimum Gasteiger partial charge on any atom is -0.314 e. The van der Waals surface area contributed by atoms with Crippen molar-refractivity contribution >= 4 is 10.0 Å². The Morgan fingerprint density at radius 3 is 2.25 bits per heavy atom. The zero-order chi connectivity index (χ0) is 14.4. The molecule has 0 amide bonds. The van der Waals surface area contributed by atoms with E-state index in [0.29, 0.717) is 11.8 Å². The van der Waals surface area contributed by atoms with Gasteiger partial charge in [-0.25, -0.2) is 12.7 Å². The van der Waals surface area contributed by atoms with Gasteiger partial charge in [-0.2, -0.15) is 0 Å². The molecule has 1 aliphatic heterocycles. The maximum absolute atomic E-state index is 12.5. The van der Waals surface area contributed by atoms with Gasteiger partial charge in [0.05, 0.1) is 5.75 Å². The van der Waals surface area contributed by atoms with Gasteiger partial charge in [0.1, 0.15) is 0 Å². The molecule has 1 atom stereocenters. The maximum atomic E-state index is 12.5. The molecule has 0 radical (unpaired) electrons. The van der Waals surface area contributed by atoms with Crippen LogP contribution in [0.5, 0.6) is 0 Å². The van der Waals surface area contributed by atoms with Crippen LogP contribution in [0.4, 0.5) is 0 Å². The van der Waals surface area contributed by atoms with Crippen LogP contribution in [0, 0.1) is 0 Å². The molecule has 118 valence electrons. The van der Waals surface area contributed by atoms with Crippen molar-refractivity contribution in [3.05, 3.63) is 0 Å². The molecule has 4 nitrogen and oxygen atoms in total. The molecule has 0 aromatic rings. The highest BCUT2D eigenvalue weighted by Crippen LogP contribution is 2.23. The van der Waals surface area contributed by atoms with Crippen molar-refractivity contribution < 1.29 is 8.42 Å². The smallest absolute Gasteiger partial charge is 0.214 e. The fourth-order valence-electron chi connectivity index (χ4n) is 3.45. The van der Waals surface area contributed by atoms with E-state index in [1.165, 1.54) is 38.5 Å². The monoisotopic (exact) mass is 302 g/mol. The third kappa shape index (κ3) is 4.71. The standard InChI is InChI=1S/C15H30N2O2S/c1-17(15-9-4-2-3-5-10-15)20(18,19)13-11-14-8-6-7-12-16-14/h14-16H,2-13H2,1H3. The van der Waals surface area contributed by atoms with E-state index in [0.717, 1.165) is 32.2 Å². The van der Waals surface area contributed by atoms with Crippen LogP contribution in [-0.4, -0.2) is 44.2 Å². The Balaban J connectivity index is 1.84. The Bertz CT molecular complexity index is 369. The molecule has 1 saturated carbocycles. The van der Waals surface area contributed by atoms with Crippen LogP contribution >= 0.6 is 0 Å². The average molecular weight is 302 g/mol. The number of rotatable bonds is 5. The van der Waals surface area contributed by atoms with Crippen molar-refractivity contribution in [3.8, 4) is 0 Å². The van der Waals surface area contributed by atoms with E-state index >= 15 is 0 Å². The lowest BCUT2D eigenvalue weighted by molar-refractivity contribution is 0.332. The van der Waals surface area contributed by atoms with Crippen molar-refractivity contribution in [1.82, 2.24) is 9.62 Å². The van der Waals surface area contributed by atoms with Gasteiger partial charge in [-0.3, -0.25) is 0 Å². The van der Waals surface area contributed by atoms with E-state index in [4.69, 9.17) is 0 Å². The minimum atomic E-state index is -3.08. The van der Waals surface area contributed by atoms with Gasteiger partial charge in [-0.05, 0) is 38.6 Å².